The molecule has 92 valence electrons. The molecule has 0 radical (unpaired) electrons. The number of nitrogens with one attached hydrogen (secondary N) is 1. The summed E-state index contributed by atoms with van der Waals surface area (Å²) in [7, 11) is 1.90. The molecule has 3 nitrogen and oxygen atoms in total. The smallest absolute Gasteiger partial charge is 0.254 e. The van der Waals surface area contributed by atoms with Crippen molar-refractivity contribution in [2.45, 2.75) is 26.3 Å². The van der Waals surface area contributed by atoms with Gasteiger partial charge in [0.05, 0.1) is 0 Å². The van der Waals surface area contributed by atoms with Crippen LogP contribution in [-0.2, 0) is 0 Å². The molecule has 1 fully saturated rings. The molecule has 1 aliphatic rings. The van der Waals surface area contributed by atoms with Crippen molar-refractivity contribution in [1.82, 2.24) is 10.2 Å². The normalized spacial score (nSPS) is 19.4. The highest BCUT2D eigenvalue weighted by Crippen LogP contribution is 2.15. The fourth-order valence-corrected chi connectivity index (χ4v) is 2.38. The van der Waals surface area contributed by atoms with E-state index in [-0.39, 0.29) is 5.91 Å². The van der Waals surface area contributed by atoms with Gasteiger partial charge in [-0.15, -0.1) is 0 Å². The Balaban J connectivity index is 2.18. The molecule has 0 aromatic heterocycles. The Hall–Kier alpha value is -1.35. The summed E-state index contributed by atoms with van der Waals surface area (Å²) in [5, 5.41) is 3.29. The monoisotopic (exact) mass is 232 g/mol. The number of amides is 1. The zero-order valence-electron chi connectivity index (χ0n) is 10.8. The van der Waals surface area contributed by atoms with E-state index in [0.29, 0.717) is 6.04 Å². The quantitative estimate of drug-likeness (QED) is 0.842. The summed E-state index contributed by atoms with van der Waals surface area (Å²) in [6, 6.07) is 6.34. The first-order valence-corrected chi connectivity index (χ1v) is 6.14. The number of benzene rings is 1. The first kappa shape index (κ1) is 12.1. The lowest BCUT2D eigenvalue weighted by molar-refractivity contribution is 0.0743. The van der Waals surface area contributed by atoms with Gasteiger partial charge < -0.3 is 10.2 Å². The summed E-state index contributed by atoms with van der Waals surface area (Å²) in [5.41, 5.74) is 3.09. The molecule has 1 atom stereocenters. The first-order valence-electron chi connectivity index (χ1n) is 6.14. The molecule has 1 unspecified atom stereocenters. The van der Waals surface area contributed by atoms with Crippen LogP contribution >= 0.6 is 0 Å². The van der Waals surface area contributed by atoms with Crippen LogP contribution in [-0.4, -0.2) is 37.0 Å². The minimum absolute atomic E-state index is 0.135. The summed E-state index contributed by atoms with van der Waals surface area (Å²) in [4.78, 5) is 14.2. The molecular formula is C14H20N2O. The third-order valence-corrected chi connectivity index (χ3v) is 3.51. The number of nitrogens with zero attached hydrogens (tertiary/aromatic N) is 1. The predicted molar refractivity (Wildman–Crippen MR) is 69.3 cm³/mol. The van der Waals surface area contributed by atoms with Gasteiger partial charge in [-0.3, -0.25) is 4.79 Å². The molecule has 1 heterocycles. The van der Waals surface area contributed by atoms with E-state index < -0.39 is 0 Å². The van der Waals surface area contributed by atoms with E-state index in [0.717, 1.165) is 30.6 Å². The van der Waals surface area contributed by atoms with Gasteiger partial charge in [0, 0.05) is 25.2 Å². The maximum atomic E-state index is 12.4. The van der Waals surface area contributed by atoms with Gasteiger partial charge in [0.15, 0.2) is 0 Å². The first-order chi connectivity index (χ1) is 8.09. The number of likely N-dealkylation sites (N-methyl/N-ethyl adjacent to an activating group) is 1. The summed E-state index contributed by atoms with van der Waals surface area (Å²) in [6.07, 6.45) is 1.05. The minimum Gasteiger partial charge on any atom is -0.337 e. The van der Waals surface area contributed by atoms with Crippen LogP contribution in [0.25, 0.3) is 0 Å². The molecule has 2 rings (SSSR count). The lowest BCUT2D eigenvalue weighted by Gasteiger charge is -2.24. The minimum atomic E-state index is 0.135. The summed E-state index contributed by atoms with van der Waals surface area (Å²) < 4.78 is 0. The van der Waals surface area contributed by atoms with E-state index in [9.17, 15) is 4.79 Å². The standard InChI is InChI=1S/C14H20N2O/c1-10-4-5-13(11(2)8-10)14(17)16(3)12-6-7-15-9-12/h4-5,8,12,15H,6-7,9H2,1-3H3. The van der Waals surface area contributed by atoms with E-state index in [1.165, 1.54) is 5.56 Å². The average Bonchev–Trinajstić information content (AvgIpc) is 2.80. The largest absolute Gasteiger partial charge is 0.337 e. The van der Waals surface area contributed by atoms with Crippen LogP contribution in [0.15, 0.2) is 18.2 Å². The molecule has 1 aromatic rings. The summed E-state index contributed by atoms with van der Waals surface area (Å²) in [6.45, 7) is 5.97. The third kappa shape index (κ3) is 2.50. The molecule has 17 heavy (non-hydrogen) atoms. The number of carbonyl (C=O) groups excluding carboxylic acids is 1. The van der Waals surface area contributed by atoms with E-state index >= 15 is 0 Å². The van der Waals surface area contributed by atoms with Crippen molar-refractivity contribution in [2.75, 3.05) is 20.1 Å². The van der Waals surface area contributed by atoms with Crippen molar-refractivity contribution in [3.63, 3.8) is 0 Å². The van der Waals surface area contributed by atoms with Crippen LogP contribution in [0.4, 0.5) is 0 Å². The third-order valence-electron chi connectivity index (χ3n) is 3.51. The second-order valence-electron chi connectivity index (χ2n) is 4.88. The van der Waals surface area contributed by atoms with Gasteiger partial charge in [-0.1, -0.05) is 17.7 Å². The maximum absolute atomic E-state index is 12.4. The topological polar surface area (TPSA) is 32.3 Å². The van der Waals surface area contributed by atoms with Gasteiger partial charge in [-0.05, 0) is 38.4 Å². The van der Waals surface area contributed by atoms with Crippen molar-refractivity contribution < 1.29 is 4.79 Å². The molecule has 1 N–H and O–H groups in total. The molecule has 0 spiro atoms. The molecule has 0 aliphatic carbocycles. The molecule has 1 aliphatic heterocycles. The Labute approximate surface area is 103 Å². The van der Waals surface area contributed by atoms with Crippen molar-refractivity contribution in [2.24, 2.45) is 0 Å². The summed E-state index contributed by atoms with van der Waals surface area (Å²) >= 11 is 0. The fourth-order valence-electron chi connectivity index (χ4n) is 2.38. The number of carbonyl (C=O) groups is 1. The van der Waals surface area contributed by atoms with E-state index in [4.69, 9.17) is 0 Å². The van der Waals surface area contributed by atoms with Gasteiger partial charge in [0.1, 0.15) is 0 Å². The average molecular weight is 232 g/mol. The van der Waals surface area contributed by atoms with Crippen LogP contribution in [0.2, 0.25) is 0 Å². The molecule has 3 heteroatoms. The molecular weight excluding hydrogens is 212 g/mol. The molecule has 1 saturated heterocycles. The maximum Gasteiger partial charge on any atom is 0.254 e. The highest BCUT2D eigenvalue weighted by atomic mass is 16.2. The van der Waals surface area contributed by atoms with E-state index in [1.807, 2.05) is 37.9 Å². The molecule has 1 aromatic carbocycles. The van der Waals surface area contributed by atoms with E-state index in [2.05, 4.69) is 11.4 Å². The summed E-state index contributed by atoms with van der Waals surface area (Å²) in [5.74, 6) is 0.135. The van der Waals surface area contributed by atoms with Crippen molar-refractivity contribution in [3.05, 3.63) is 34.9 Å². The van der Waals surface area contributed by atoms with Crippen LogP contribution in [0.3, 0.4) is 0 Å². The fraction of sp³-hybridized carbons (Fsp3) is 0.500. The molecule has 0 saturated carbocycles. The predicted octanol–water partition coefficient (Wildman–Crippen LogP) is 1.74. The van der Waals surface area contributed by atoms with Crippen molar-refractivity contribution in [3.8, 4) is 0 Å². The Morgan fingerprint density at radius 1 is 1.41 bits per heavy atom. The van der Waals surface area contributed by atoms with Crippen LogP contribution in [0.5, 0.6) is 0 Å². The molecule has 1 amide bonds. The highest BCUT2D eigenvalue weighted by molar-refractivity contribution is 5.95. The van der Waals surface area contributed by atoms with E-state index in [1.54, 1.807) is 0 Å². The zero-order chi connectivity index (χ0) is 12.4. The zero-order valence-corrected chi connectivity index (χ0v) is 10.8. The van der Waals surface area contributed by atoms with Crippen LogP contribution in [0.1, 0.15) is 27.9 Å². The number of rotatable bonds is 2. The second kappa shape index (κ2) is 4.88. The van der Waals surface area contributed by atoms with Gasteiger partial charge in [0.25, 0.3) is 5.91 Å². The van der Waals surface area contributed by atoms with Crippen molar-refractivity contribution in [1.29, 1.82) is 0 Å². The van der Waals surface area contributed by atoms with Crippen molar-refractivity contribution >= 4 is 5.91 Å². The lowest BCUT2D eigenvalue weighted by Crippen LogP contribution is -2.38. The lowest BCUT2D eigenvalue weighted by atomic mass is 10.0. The second-order valence-corrected chi connectivity index (χ2v) is 4.88. The Morgan fingerprint density at radius 2 is 2.18 bits per heavy atom. The highest BCUT2D eigenvalue weighted by Gasteiger charge is 2.24. The van der Waals surface area contributed by atoms with Gasteiger partial charge in [-0.25, -0.2) is 0 Å². The van der Waals surface area contributed by atoms with Gasteiger partial charge in [-0.2, -0.15) is 0 Å². The van der Waals surface area contributed by atoms with Crippen LogP contribution in [0, 0.1) is 13.8 Å². The van der Waals surface area contributed by atoms with Gasteiger partial charge in [0.2, 0.25) is 0 Å². The van der Waals surface area contributed by atoms with Gasteiger partial charge >= 0.3 is 0 Å². The van der Waals surface area contributed by atoms with Crippen LogP contribution < -0.4 is 5.32 Å². The number of hydrogen-bond acceptors (Lipinski definition) is 2. The Morgan fingerprint density at radius 3 is 2.76 bits per heavy atom. The molecule has 0 bridgehead atoms. The number of hydrogen-bond donors (Lipinski definition) is 1. The Kier molecular flexibility index (Phi) is 3.48. The number of aryl methyl sites for hydroxylation is 2. The SMILES string of the molecule is Cc1ccc(C(=O)N(C)C2CCNC2)c(C)c1. The Bertz CT molecular complexity index is 422.